The molecule has 4 rings (SSSR count). The van der Waals surface area contributed by atoms with Gasteiger partial charge in [0.2, 0.25) is 5.28 Å². The molecule has 0 radical (unpaired) electrons. The van der Waals surface area contributed by atoms with E-state index in [1.807, 2.05) is 6.92 Å². The number of anilines is 1. The van der Waals surface area contributed by atoms with Crippen molar-refractivity contribution in [1.29, 1.82) is 0 Å². The van der Waals surface area contributed by atoms with Gasteiger partial charge < -0.3 is 30.1 Å². The Balaban J connectivity index is 1.52. The zero-order valence-electron chi connectivity index (χ0n) is 18.7. The Labute approximate surface area is 205 Å². The molecule has 5 N–H and O–H groups in total. The van der Waals surface area contributed by atoms with Crippen LogP contribution in [0.4, 0.5) is 10.2 Å². The normalized spacial score (nSPS) is 23.6. The van der Waals surface area contributed by atoms with E-state index in [2.05, 4.69) is 20.3 Å². The van der Waals surface area contributed by atoms with E-state index in [4.69, 9.17) is 26.1 Å². The average molecular weight is 530 g/mol. The molecule has 1 saturated heterocycles. The Morgan fingerprint density at radius 1 is 1.20 bits per heavy atom. The van der Waals surface area contributed by atoms with Crippen molar-refractivity contribution in [3.63, 3.8) is 0 Å². The number of nitrogens with zero attached hydrogens (tertiary/aromatic N) is 4. The van der Waals surface area contributed by atoms with Gasteiger partial charge in [0.1, 0.15) is 18.0 Å². The predicted molar refractivity (Wildman–Crippen MR) is 125 cm³/mol. The van der Waals surface area contributed by atoms with Gasteiger partial charge in [-0.2, -0.15) is 9.97 Å². The van der Waals surface area contributed by atoms with Gasteiger partial charge in [-0.05, 0) is 49.1 Å². The minimum Gasteiger partial charge on any atom is -0.388 e. The first-order valence-corrected chi connectivity index (χ1v) is 13.2. The maximum absolute atomic E-state index is 13.3. The number of hydrogen-bond acceptors (Lipinski definition) is 8. The van der Waals surface area contributed by atoms with Crippen molar-refractivity contribution in [1.82, 2.24) is 19.5 Å². The van der Waals surface area contributed by atoms with Crippen LogP contribution in [0.3, 0.4) is 0 Å². The van der Waals surface area contributed by atoms with Crippen LogP contribution in [0.25, 0.3) is 11.2 Å². The Morgan fingerprint density at radius 2 is 1.91 bits per heavy atom. The first-order chi connectivity index (χ1) is 16.5. The highest BCUT2D eigenvalue weighted by atomic mass is 35.5. The number of imidazole rings is 1. The molecule has 4 unspecified atom stereocenters. The molecule has 190 valence electrons. The van der Waals surface area contributed by atoms with Gasteiger partial charge in [0, 0.05) is 6.16 Å². The quantitative estimate of drug-likeness (QED) is 0.158. The van der Waals surface area contributed by atoms with E-state index in [1.54, 1.807) is 12.1 Å². The predicted octanol–water partition coefficient (Wildman–Crippen LogP) is 2.76. The van der Waals surface area contributed by atoms with Crippen LogP contribution in [0, 0.1) is 5.82 Å². The standard InChI is InChI=1S/C21H26ClFN5O6P/c1-11(12-5-7-13(23)8-6-12)25-18-15-19(27-21(22)26-18)28(10-24-15)20-17(30)16(29)14(34-20)4-2-3-9-35(31,32)33/h5-8,10-11,14,16-17,20,29-30H,2-4,9H2,1H3,(H,25,26,27)(H2,31,32,33)/t11-,14?,16?,17?,20?/m0/s1. The molecular weight excluding hydrogens is 504 g/mol. The monoisotopic (exact) mass is 529 g/mol. The summed E-state index contributed by atoms with van der Waals surface area (Å²) in [6, 6.07) is 5.75. The fourth-order valence-electron chi connectivity index (χ4n) is 4.08. The zero-order valence-corrected chi connectivity index (χ0v) is 20.3. The lowest BCUT2D eigenvalue weighted by molar-refractivity contribution is -0.0373. The molecule has 0 amide bonds. The molecule has 2 aromatic heterocycles. The van der Waals surface area contributed by atoms with Gasteiger partial charge in [0.05, 0.1) is 18.5 Å². The largest absolute Gasteiger partial charge is 0.388 e. The van der Waals surface area contributed by atoms with E-state index in [-0.39, 0.29) is 35.4 Å². The molecule has 3 heterocycles. The Bertz CT molecular complexity index is 1220. The third-order valence-electron chi connectivity index (χ3n) is 5.92. The van der Waals surface area contributed by atoms with Crippen LogP contribution in [-0.4, -0.2) is 64.0 Å². The number of hydrogen-bond donors (Lipinski definition) is 5. The van der Waals surface area contributed by atoms with Gasteiger partial charge in [-0.15, -0.1) is 0 Å². The number of benzene rings is 1. The van der Waals surface area contributed by atoms with Gasteiger partial charge in [0.25, 0.3) is 0 Å². The summed E-state index contributed by atoms with van der Waals surface area (Å²) in [6.45, 7) is 1.86. The molecule has 14 heteroatoms. The van der Waals surface area contributed by atoms with Crippen molar-refractivity contribution in [3.05, 3.63) is 47.3 Å². The topological polar surface area (TPSA) is 163 Å². The SMILES string of the molecule is C[C@H](Nc1nc(Cl)nc2c1ncn2C1OC(CCCCP(=O)(O)O)C(O)C1O)c1ccc(F)cc1. The molecule has 1 aliphatic heterocycles. The highest BCUT2D eigenvalue weighted by Crippen LogP contribution is 2.38. The van der Waals surface area contributed by atoms with Gasteiger partial charge in [-0.25, -0.2) is 9.37 Å². The highest BCUT2D eigenvalue weighted by Gasteiger charge is 2.44. The first kappa shape index (κ1) is 25.9. The number of aliphatic hydroxyl groups excluding tert-OH is 2. The number of aliphatic hydroxyl groups is 2. The third kappa shape index (κ3) is 5.97. The summed E-state index contributed by atoms with van der Waals surface area (Å²) in [7, 11) is -4.09. The summed E-state index contributed by atoms with van der Waals surface area (Å²) < 4.78 is 31.6. The molecule has 1 aromatic carbocycles. The van der Waals surface area contributed by atoms with Crippen molar-refractivity contribution < 1.29 is 33.7 Å². The van der Waals surface area contributed by atoms with Crippen LogP contribution >= 0.6 is 19.2 Å². The van der Waals surface area contributed by atoms with Gasteiger partial charge in [-0.3, -0.25) is 9.13 Å². The van der Waals surface area contributed by atoms with E-state index in [1.165, 1.54) is 23.0 Å². The molecule has 5 atom stereocenters. The van der Waals surface area contributed by atoms with Crippen molar-refractivity contribution >= 4 is 36.2 Å². The van der Waals surface area contributed by atoms with E-state index < -0.39 is 32.1 Å². The molecule has 0 spiro atoms. The molecule has 3 aromatic rings. The lowest BCUT2D eigenvalue weighted by atomic mass is 10.1. The fraction of sp³-hybridized carbons (Fsp3) is 0.476. The fourth-order valence-corrected chi connectivity index (χ4v) is 4.88. The van der Waals surface area contributed by atoms with Gasteiger partial charge in [-0.1, -0.05) is 18.6 Å². The summed E-state index contributed by atoms with van der Waals surface area (Å²) in [5.74, 6) is -0.0119. The van der Waals surface area contributed by atoms with Crippen molar-refractivity contribution in [2.24, 2.45) is 0 Å². The summed E-state index contributed by atoms with van der Waals surface area (Å²) in [6.07, 6.45) is -2.12. The highest BCUT2D eigenvalue weighted by molar-refractivity contribution is 7.51. The van der Waals surface area contributed by atoms with Crippen LogP contribution in [0.1, 0.15) is 44.0 Å². The molecule has 0 aliphatic carbocycles. The van der Waals surface area contributed by atoms with E-state index in [9.17, 15) is 19.2 Å². The summed E-state index contributed by atoms with van der Waals surface area (Å²) in [4.78, 5) is 30.8. The Hall–Kier alpha value is -2.18. The first-order valence-electron chi connectivity index (χ1n) is 11.0. The van der Waals surface area contributed by atoms with Crippen LogP contribution in [0.15, 0.2) is 30.6 Å². The van der Waals surface area contributed by atoms with Gasteiger partial charge in [0.15, 0.2) is 23.2 Å². The molecule has 11 nitrogen and oxygen atoms in total. The summed E-state index contributed by atoms with van der Waals surface area (Å²) in [5, 5.41) is 24.2. The van der Waals surface area contributed by atoms with E-state index in [0.717, 1.165) is 5.56 Å². The number of halogens is 2. The second kappa shape index (κ2) is 10.4. The number of ether oxygens (including phenoxy) is 1. The smallest absolute Gasteiger partial charge is 0.325 e. The van der Waals surface area contributed by atoms with Gasteiger partial charge >= 0.3 is 7.60 Å². The van der Waals surface area contributed by atoms with Crippen LogP contribution in [-0.2, 0) is 9.30 Å². The zero-order chi connectivity index (χ0) is 25.3. The summed E-state index contributed by atoms with van der Waals surface area (Å²) in [5.41, 5.74) is 1.45. The molecule has 35 heavy (non-hydrogen) atoms. The number of nitrogens with one attached hydrogen (secondary N) is 1. The Kier molecular flexibility index (Phi) is 7.72. The number of rotatable bonds is 9. The van der Waals surface area contributed by atoms with Crippen molar-refractivity contribution in [3.8, 4) is 0 Å². The molecular formula is C21H26ClFN5O6P. The lowest BCUT2D eigenvalue weighted by Gasteiger charge is -2.18. The second-order valence-electron chi connectivity index (χ2n) is 8.51. The van der Waals surface area contributed by atoms with Crippen LogP contribution in [0.5, 0.6) is 0 Å². The molecule has 1 aliphatic rings. The minimum absolute atomic E-state index is 0.0740. The third-order valence-corrected chi connectivity index (χ3v) is 6.98. The molecule has 0 bridgehead atoms. The van der Waals surface area contributed by atoms with E-state index >= 15 is 0 Å². The minimum atomic E-state index is -4.09. The number of aromatic nitrogens is 4. The average Bonchev–Trinajstić information content (AvgIpc) is 3.32. The summed E-state index contributed by atoms with van der Waals surface area (Å²) >= 11 is 6.16. The van der Waals surface area contributed by atoms with Crippen molar-refractivity contribution in [2.75, 3.05) is 11.5 Å². The molecule has 0 saturated carbocycles. The Morgan fingerprint density at radius 3 is 2.60 bits per heavy atom. The van der Waals surface area contributed by atoms with Crippen molar-refractivity contribution in [2.45, 2.75) is 56.8 Å². The second-order valence-corrected chi connectivity index (χ2v) is 10.6. The van der Waals surface area contributed by atoms with Crippen LogP contribution < -0.4 is 5.32 Å². The van der Waals surface area contributed by atoms with Crippen LogP contribution in [0.2, 0.25) is 5.28 Å². The maximum atomic E-state index is 13.3. The number of fused-ring (bicyclic) bond motifs is 1. The number of unbranched alkanes of at least 4 members (excludes halogenated alkanes) is 1. The molecule has 1 fully saturated rings. The van der Waals surface area contributed by atoms with E-state index in [0.29, 0.717) is 24.2 Å². The lowest BCUT2D eigenvalue weighted by Crippen LogP contribution is -2.31. The maximum Gasteiger partial charge on any atom is 0.325 e.